The van der Waals surface area contributed by atoms with Crippen LogP contribution in [0.2, 0.25) is 0 Å². The summed E-state index contributed by atoms with van der Waals surface area (Å²) in [6.07, 6.45) is 2.83. The first-order valence-corrected chi connectivity index (χ1v) is 13.7. The summed E-state index contributed by atoms with van der Waals surface area (Å²) >= 11 is 0. The number of hydrogen-bond acceptors (Lipinski definition) is 7. The Balaban J connectivity index is 1.64. The molecule has 1 amide bonds. The molecule has 0 bridgehead atoms. The first-order chi connectivity index (χ1) is 18.8. The Kier molecular flexibility index (Phi) is 9.69. The second kappa shape index (κ2) is 13.2. The highest BCUT2D eigenvalue weighted by molar-refractivity contribution is 5.79. The number of nitrogens with zero attached hydrogens (tertiary/aromatic N) is 3. The summed E-state index contributed by atoms with van der Waals surface area (Å²) in [4.78, 5) is 32.6. The fourth-order valence-corrected chi connectivity index (χ4v) is 5.63. The Morgan fingerprint density at radius 2 is 1.69 bits per heavy atom. The van der Waals surface area contributed by atoms with Crippen molar-refractivity contribution in [2.45, 2.75) is 38.1 Å². The third kappa shape index (κ3) is 6.83. The number of amides is 1. The number of carboxylic acid groups (broad SMARTS) is 1. The number of carboxylic acids is 1. The standard InChI is InChI=1S/C30H41N3O6/c1-5-6-15-32(16-7-14-31(2)3)27(34)19-33-18-24(22-10-13-25-26(17-22)39-20-38-25)28(30(35)36)29(33)21-8-11-23(37-4)12-9-21/h8-13,17,24,28-29H,5-7,14-16,18-20H2,1-4H3,(H,35,36)/t24-,28+,29-/m1/s1. The zero-order chi connectivity index (χ0) is 27.9. The maximum atomic E-state index is 13.7. The minimum Gasteiger partial charge on any atom is -0.497 e. The number of methoxy groups -OCH3 is 1. The van der Waals surface area contributed by atoms with Crippen LogP contribution in [0.1, 0.15) is 49.3 Å². The van der Waals surface area contributed by atoms with Crippen molar-refractivity contribution < 1.29 is 28.9 Å². The molecule has 0 aliphatic carbocycles. The zero-order valence-electron chi connectivity index (χ0n) is 23.5. The van der Waals surface area contributed by atoms with Crippen LogP contribution in [0.5, 0.6) is 17.2 Å². The quantitative estimate of drug-likeness (QED) is 0.411. The van der Waals surface area contributed by atoms with Crippen molar-refractivity contribution in [3.63, 3.8) is 0 Å². The highest BCUT2D eigenvalue weighted by Gasteiger charge is 2.48. The molecule has 2 aromatic rings. The Labute approximate surface area is 231 Å². The Bertz CT molecular complexity index is 1120. The van der Waals surface area contributed by atoms with Crippen LogP contribution in [-0.2, 0) is 9.59 Å². The second-order valence-corrected chi connectivity index (χ2v) is 10.6. The van der Waals surface area contributed by atoms with Crippen LogP contribution in [0.3, 0.4) is 0 Å². The number of ether oxygens (including phenoxy) is 3. The average Bonchev–Trinajstić information content (AvgIpc) is 3.54. The van der Waals surface area contributed by atoms with Crippen molar-refractivity contribution in [2.24, 2.45) is 5.92 Å². The molecule has 2 aromatic carbocycles. The second-order valence-electron chi connectivity index (χ2n) is 10.6. The molecule has 0 saturated carbocycles. The summed E-state index contributed by atoms with van der Waals surface area (Å²) in [6, 6.07) is 12.7. The average molecular weight is 540 g/mol. The van der Waals surface area contributed by atoms with Gasteiger partial charge in [-0.15, -0.1) is 0 Å². The van der Waals surface area contributed by atoms with Crippen LogP contribution in [0.15, 0.2) is 42.5 Å². The molecule has 1 fully saturated rings. The molecule has 0 unspecified atom stereocenters. The van der Waals surface area contributed by atoms with E-state index in [4.69, 9.17) is 14.2 Å². The van der Waals surface area contributed by atoms with Crippen molar-refractivity contribution in [1.82, 2.24) is 14.7 Å². The zero-order valence-corrected chi connectivity index (χ0v) is 23.5. The van der Waals surface area contributed by atoms with Gasteiger partial charge in [0.05, 0.1) is 19.6 Å². The number of benzene rings is 2. The first kappa shape index (κ1) is 28.7. The number of hydrogen-bond donors (Lipinski definition) is 1. The smallest absolute Gasteiger partial charge is 0.309 e. The predicted octanol–water partition coefficient (Wildman–Crippen LogP) is 3.85. The van der Waals surface area contributed by atoms with E-state index in [1.807, 2.05) is 66.4 Å². The number of unbranched alkanes of at least 4 members (excludes halogenated alkanes) is 1. The number of rotatable bonds is 13. The van der Waals surface area contributed by atoms with E-state index in [1.54, 1.807) is 7.11 Å². The van der Waals surface area contributed by atoms with Crippen LogP contribution in [0, 0.1) is 5.92 Å². The Morgan fingerprint density at radius 1 is 1.00 bits per heavy atom. The van der Waals surface area contributed by atoms with E-state index in [9.17, 15) is 14.7 Å². The van der Waals surface area contributed by atoms with E-state index in [1.165, 1.54) is 0 Å². The predicted molar refractivity (Wildman–Crippen MR) is 148 cm³/mol. The molecule has 1 saturated heterocycles. The van der Waals surface area contributed by atoms with Crippen LogP contribution in [0.25, 0.3) is 0 Å². The van der Waals surface area contributed by atoms with Gasteiger partial charge < -0.3 is 29.1 Å². The molecular weight excluding hydrogens is 498 g/mol. The topological polar surface area (TPSA) is 91.8 Å². The molecular formula is C30H41N3O6. The van der Waals surface area contributed by atoms with Gasteiger partial charge in [-0.3, -0.25) is 14.5 Å². The Hall–Kier alpha value is -3.30. The molecule has 2 heterocycles. The molecule has 9 heteroatoms. The third-order valence-electron chi connectivity index (χ3n) is 7.67. The summed E-state index contributed by atoms with van der Waals surface area (Å²) in [6.45, 7) is 5.18. The molecule has 212 valence electrons. The van der Waals surface area contributed by atoms with Crippen molar-refractivity contribution in [3.05, 3.63) is 53.6 Å². The van der Waals surface area contributed by atoms with Gasteiger partial charge in [-0.2, -0.15) is 0 Å². The number of carbonyl (C=O) groups is 2. The first-order valence-electron chi connectivity index (χ1n) is 13.7. The van der Waals surface area contributed by atoms with Gasteiger partial charge in [-0.25, -0.2) is 0 Å². The van der Waals surface area contributed by atoms with Gasteiger partial charge in [0.15, 0.2) is 11.5 Å². The highest BCUT2D eigenvalue weighted by atomic mass is 16.7. The van der Waals surface area contributed by atoms with E-state index < -0.39 is 17.9 Å². The van der Waals surface area contributed by atoms with Crippen LogP contribution >= 0.6 is 0 Å². The number of carbonyl (C=O) groups excluding carboxylic acids is 1. The molecule has 39 heavy (non-hydrogen) atoms. The molecule has 4 rings (SSSR count). The van der Waals surface area contributed by atoms with Gasteiger partial charge in [0.2, 0.25) is 12.7 Å². The normalized spacial score (nSPS) is 20.4. The van der Waals surface area contributed by atoms with Crippen LogP contribution in [-0.4, -0.2) is 92.4 Å². The fourth-order valence-electron chi connectivity index (χ4n) is 5.63. The lowest BCUT2D eigenvalue weighted by atomic mass is 9.82. The maximum Gasteiger partial charge on any atom is 0.309 e. The molecule has 9 nitrogen and oxygen atoms in total. The summed E-state index contributed by atoms with van der Waals surface area (Å²) < 4.78 is 16.4. The van der Waals surface area contributed by atoms with Gasteiger partial charge in [0.25, 0.3) is 0 Å². The summed E-state index contributed by atoms with van der Waals surface area (Å²) in [5.41, 5.74) is 1.72. The molecule has 3 atom stereocenters. The summed E-state index contributed by atoms with van der Waals surface area (Å²) in [5, 5.41) is 10.5. The van der Waals surface area contributed by atoms with Crippen molar-refractivity contribution in [1.29, 1.82) is 0 Å². The fraction of sp³-hybridized carbons (Fsp3) is 0.533. The molecule has 2 aliphatic rings. The summed E-state index contributed by atoms with van der Waals surface area (Å²) in [5.74, 6) is 0.0632. The maximum absolute atomic E-state index is 13.7. The van der Waals surface area contributed by atoms with Gasteiger partial charge in [0, 0.05) is 31.6 Å². The van der Waals surface area contributed by atoms with E-state index in [0.717, 1.165) is 36.9 Å². The van der Waals surface area contributed by atoms with Crippen molar-refractivity contribution in [2.75, 3.05) is 60.7 Å². The molecule has 0 aromatic heterocycles. The monoisotopic (exact) mass is 539 g/mol. The lowest BCUT2D eigenvalue weighted by Gasteiger charge is -2.30. The third-order valence-corrected chi connectivity index (χ3v) is 7.67. The number of likely N-dealkylation sites (tertiary alicyclic amines) is 1. The molecule has 0 spiro atoms. The highest BCUT2D eigenvalue weighted by Crippen LogP contribution is 2.47. The lowest BCUT2D eigenvalue weighted by Crippen LogP contribution is -2.42. The molecule has 0 radical (unpaired) electrons. The lowest BCUT2D eigenvalue weighted by molar-refractivity contribution is -0.144. The van der Waals surface area contributed by atoms with Gasteiger partial charge in [-0.05, 0) is 68.9 Å². The molecule has 1 N–H and O–H groups in total. The van der Waals surface area contributed by atoms with Gasteiger partial charge in [0.1, 0.15) is 5.75 Å². The van der Waals surface area contributed by atoms with E-state index in [2.05, 4.69) is 11.8 Å². The van der Waals surface area contributed by atoms with Crippen molar-refractivity contribution >= 4 is 11.9 Å². The number of fused-ring (bicyclic) bond motifs is 1. The van der Waals surface area contributed by atoms with E-state index >= 15 is 0 Å². The Morgan fingerprint density at radius 3 is 2.36 bits per heavy atom. The van der Waals surface area contributed by atoms with E-state index in [-0.39, 0.29) is 25.2 Å². The SMILES string of the molecule is CCCCN(CCCN(C)C)C(=O)CN1C[C@H](c2ccc3c(c2)OCO3)[C@H](C(=O)O)[C@H]1c1ccc(OC)cc1. The largest absolute Gasteiger partial charge is 0.497 e. The minimum absolute atomic E-state index is 0.0381. The van der Waals surface area contributed by atoms with Crippen LogP contribution in [0.4, 0.5) is 0 Å². The number of aliphatic carboxylic acids is 1. The van der Waals surface area contributed by atoms with Gasteiger partial charge in [-0.1, -0.05) is 31.5 Å². The van der Waals surface area contributed by atoms with Crippen molar-refractivity contribution in [3.8, 4) is 17.2 Å². The van der Waals surface area contributed by atoms with E-state index in [0.29, 0.717) is 36.9 Å². The molecule has 2 aliphatic heterocycles. The minimum atomic E-state index is -0.887. The summed E-state index contributed by atoms with van der Waals surface area (Å²) in [7, 11) is 5.67. The van der Waals surface area contributed by atoms with Gasteiger partial charge >= 0.3 is 5.97 Å². The van der Waals surface area contributed by atoms with Crippen LogP contribution < -0.4 is 14.2 Å².